The molecule has 1 aromatic heterocycles. The highest BCUT2D eigenvalue weighted by atomic mass is 15.0. The van der Waals surface area contributed by atoms with E-state index in [0.717, 1.165) is 5.69 Å². The first-order valence-corrected chi connectivity index (χ1v) is 6.75. The summed E-state index contributed by atoms with van der Waals surface area (Å²) in [4.78, 5) is 8.49. The molecule has 0 radical (unpaired) electrons. The van der Waals surface area contributed by atoms with Crippen LogP contribution in [0.5, 0.6) is 0 Å². The highest BCUT2D eigenvalue weighted by molar-refractivity contribution is 5.20. The van der Waals surface area contributed by atoms with Gasteiger partial charge in [0.05, 0.1) is 5.69 Å². The van der Waals surface area contributed by atoms with Crippen molar-refractivity contribution < 1.29 is 0 Å². The van der Waals surface area contributed by atoms with Crippen LogP contribution in [0.1, 0.15) is 44.1 Å². The maximum absolute atomic E-state index is 4.36. The van der Waals surface area contributed by atoms with Crippen LogP contribution >= 0.6 is 0 Å². The van der Waals surface area contributed by atoms with E-state index < -0.39 is 0 Å². The van der Waals surface area contributed by atoms with Gasteiger partial charge < -0.3 is 5.32 Å². The summed E-state index contributed by atoms with van der Waals surface area (Å²) in [5, 5.41) is 3.65. The second-order valence-electron chi connectivity index (χ2n) is 5.15. The molecule has 2 rings (SSSR count). The van der Waals surface area contributed by atoms with Crippen molar-refractivity contribution in [2.24, 2.45) is 5.92 Å². The molecule has 0 aliphatic rings. The van der Waals surface area contributed by atoms with Crippen molar-refractivity contribution in [1.29, 1.82) is 0 Å². The number of benzene rings is 1. The minimum atomic E-state index is 0.182. The zero-order valence-corrected chi connectivity index (χ0v) is 11.7. The molecule has 2 unspecified atom stereocenters. The van der Waals surface area contributed by atoms with Gasteiger partial charge in [-0.3, -0.25) is 9.97 Å². The van der Waals surface area contributed by atoms with Crippen molar-refractivity contribution in [3.8, 4) is 0 Å². The van der Waals surface area contributed by atoms with Crippen molar-refractivity contribution in [2.45, 2.75) is 32.9 Å². The number of hydrogen-bond acceptors (Lipinski definition) is 3. The van der Waals surface area contributed by atoms with Gasteiger partial charge >= 0.3 is 0 Å². The number of nitrogens with zero attached hydrogens (tertiary/aromatic N) is 2. The van der Waals surface area contributed by atoms with Gasteiger partial charge in [0.25, 0.3) is 0 Å². The minimum Gasteiger partial charge on any atom is -0.302 e. The predicted molar refractivity (Wildman–Crippen MR) is 77.6 cm³/mol. The highest BCUT2D eigenvalue weighted by Gasteiger charge is 2.19. The van der Waals surface area contributed by atoms with Crippen LogP contribution in [0.2, 0.25) is 0 Å². The van der Waals surface area contributed by atoms with Gasteiger partial charge in [0.1, 0.15) is 0 Å². The van der Waals surface area contributed by atoms with Crippen LogP contribution < -0.4 is 5.32 Å². The molecule has 100 valence electrons. The summed E-state index contributed by atoms with van der Waals surface area (Å²) in [5.41, 5.74) is 2.29. The molecule has 2 aromatic rings. The molecule has 0 bridgehead atoms. The first-order chi connectivity index (χ1) is 9.18. The average Bonchev–Trinajstić information content (AvgIpc) is 2.46. The van der Waals surface area contributed by atoms with Crippen LogP contribution in [0.15, 0.2) is 48.9 Å². The molecule has 0 aliphatic heterocycles. The summed E-state index contributed by atoms with van der Waals surface area (Å²) >= 11 is 0. The molecule has 1 N–H and O–H groups in total. The zero-order valence-electron chi connectivity index (χ0n) is 11.7. The van der Waals surface area contributed by atoms with E-state index >= 15 is 0 Å². The van der Waals surface area contributed by atoms with E-state index in [2.05, 4.69) is 60.3 Å². The summed E-state index contributed by atoms with van der Waals surface area (Å²) in [6.07, 6.45) is 5.26. The van der Waals surface area contributed by atoms with Crippen LogP contribution in [0.4, 0.5) is 0 Å². The lowest BCUT2D eigenvalue weighted by Gasteiger charge is -2.26. The van der Waals surface area contributed by atoms with Gasteiger partial charge in [-0.2, -0.15) is 0 Å². The van der Waals surface area contributed by atoms with E-state index in [1.54, 1.807) is 12.4 Å². The van der Waals surface area contributed by atoms with Crippen molar-refractivity contribution in [2.75, 3.05) is 0 Å². The zero-order chi connectivity index (χ0) is 13.7. The third-order valence-electron chi connectivity index (χ3n) is 3.28. The van der Waals surface area contributed by atoms with Gasteiger partial charge in [-0.1, -0.05) is 44.2 Å². The van der Waals surface area contributed by atoms with E-state index in [1.165, 1.54) is 5.56 Å². The lowest BCUT2D eigenvalue weighted by molar-refractivity contribution is 0.370. The maximum Gasteiger partial charge on any atom is 0.0753 e. The smallest absolute Gasteiger partial charge is 0.0753 e. The SMILES string of the molecule is CC(NC(c1ccccc1)C(C)C)c1cnccn1. The molecule has 2 atom stereocenters. The van der Waals surface area contributed by atoms with Crippen molar-refractivity contribution in [3.05, 3.63) is 60.2 Å². The molecule has 0 saturated carbocycles. The Balaban J connectivity index is 2.14. The second-order valence-corrected chi connectivity index (χ2v) is 5.15. The lowest BCUT2D eigenvalue weighted by atomic mass is 9.95. The molecule has 0 spiro atoms. The van der Waals surface area contributed by atoms with E-state index in [0.29, 0.717) is 12.0 Å². The Bertz CT molecular complexity index is 482. The molecule has 0 amide bonds. The summed E-state index contributed by atoms with van der Waals surface area (Å²) < 4.78 is 0. The van der Waals surface area contributed by atoms with Gasteiger partial charge in [0, 0.05) is 30.7 Å². The molecular formula is C16H21N3. The molecule has 1 heterocycles. The fourth-order valence-corrected chi connectivity index (χ4v) is 2.22. The van der Waals surface area contributed by atoms with Gasteiger partial charge in [0.2, 0.25) is 0 Å². The third-order valence-corrected chi connectivity index (χ3v) is 3.28. The largest absolute Gasteiger partial charge is 0.302 e. The number of rotatable bonds is 5. The molecule has 3 nitrogen and oxygen atoms in total. The number of nitrogens with one attached hydrogen (secondary N) is 1. The minimum absolute atomic E-state index is 0.182. The monoisotopic (exact) mass is 255 g/mol. The Morgan fingerprint density at radius 3 is 2.32 bits per heavy atom. The fourth-order valence-electron chi connectivity index (χ4n) is 2.22. The normalized spacial score (nSPS) is 14.3. The van der Waals surface area contributed by atoms with E-state index in [9.17, 15) is 0 Å². The van der Waals surface area contributed by atoms with Crippen molar-refractivity contribution in [3.63, 3.8) is 0 Å². The molecule has 0 aliphatic carbocycles. The van der Waals surface area contributed by atoms with E-state index in [1.807, 2.05) is 12.3 Å². The van der Waals surface area contributed by atoms with Crippen molar-refractivity contribution in [1.82, 2.24) is 15.3 Å². The quantitative estimate of drug-likeness (QED) is 0.888. The summed E-state index contributed by atoms with van der Waals surface area (Å²) in [6, 6.07) is 11.0. The van der Waals surface area contributed by atoms with Gasteiger partial charge in [-0.05, 0) is 18.4 Å². The lowest BCUT2D eigenvalue weighted by Crippen LogP contribution is -2.29. The van der Waals surface area contributed by atoms with Crippen LogP contribution in [0.3, 0.4) is 0 Å². The molecule has 1 aromatic carbocycles. The van der Waals surface area contributed by atoms with Gasteiger partial charge in [-0.15, -0.1) is 0 Å². The average molecular weight is 255 g/mol. The molecule has 0 saturated heterocycles. The first kappa shape index (κ1) is 13.7. The van der Waals surface area contributed by atoms with Crippen LogP contribution in [0.25, 0.3) is 0 Å². The Morgan fingerprint density at radius 2 is 1.74 bits per heavy atom. The van der Waals surface area contributed by atoms with Crippen molar-refractivity contribution >= 4 is 0 Å². The number of hydrogen-bond donors (Lipinski definition) is 1. The van der Waals surface area contributed by atoms with Crippen LogP contribution in [-0.4, -0.2) is 9.97 Å². The van der Waals surface area contributed by atoms with Crippen LogP contribution in [-0.2, 0) is 0 Å². The topological polar surface area (TPSA) is 37.8 Å². The van der Waals surface area contributed by atoms with Crippen LogP contribution in [0, 0.1) is 5.92 Å². The second kappa shape index (κ2) is 6.43. The summed E-state index contributed by atoms with van der Waals surface area (Å²) in [6.45, 7) is 6.59. The third kappa shape index (κ3) is 3.61. The summed E-state index contributed by atoms with van der Waals surface area (Å²) in [7, 11) is 0. The maximum atomic E-state index is 4.36. The molecule has 0 fully saturated rings. The summed E-state index contributed by atoms with van der Waals surface area (Å²) in [5.74, 6) is 0.515. The fraction of sp³-hybridized carbons (Fsp3) is 0.375. The Kier molecular flexibility index (Phi) is 4.63. The standard InChI is InChI=1S/C16H21N3/c1-12(2)16(14-7-5-4-6-8-14)19-13(3)15-11-17-9-10-18-15/h4-13,16,19H,1-3H3. The predicted octanol–water partition coefficient (Wildman–Crippen LogP) is 3.52. The number of aromatic nitrogens is 2. The molecular weight excluding hydrogens is 234 g/mol. The molecule has 3 heteroatoms. The Morgan fingerprint density at radius 1 is 1.00 bits per heavy atom. The van der Waals surface area contributed by atoms with Gasteiger partial charge in [0.15, 0.2) is 0 Å². The van der Waals surface area contributed by atoms with Gasteiger partial charge in [-0.25, -0.2) is 0 Å². The Hall–Kier alpha value is -1.74. The van der Waals surface area contributed by atoms with E-state index in [-0.39, 0.29) is 6.04 Å². The molecule has 19 heavy (non-hydrogen) atoms. The first-order valence-electron chi connectivity index (χ1n) is 6.75. The van der Waals surface area contributed by atoms with E-state index in [4.69, 9.17) is 0 Å². The Labute approximate surface area is 115 Å². The highest BCUT2D eigenvalue weighted by Crippen LogP contribution is 2.24.